The van der Waals surface area contributed by atoms with Crippen LogP contribution < -0.4 is 5.32 Å². The van der Waals surface area contributed by atoms with Crippen LogP contribution in [0.25, 0.3) is 0 Å². The quantitative estimate of drug-likeness (QED) is 0.669. The summed E-state index contributed by atoms with van der Waals surface area (Å²) in [5.74, 6) is -0.912. The van der Waals surface area contributed by atoms with Gasteiger partial charge >= 0.3 is 5.97 Å². The lowest BCUT2D eigenvalue weighted by Gasteiger charge is -2.16. The van der Waals surface area contributed by atoms with Crippen LogP contribution in [0.4, 0.5) is 0 Å². The van der Waals surface area contributed by atoms with Crippen LogP contribution in [0, 0.1) is 0 Å². The first kappa shape index (κ1) is 17.1. The van der Waals surface area contributed by atoms with E-state index < -0.39 is 5.97 Å². The lowest BCUT2D eigenvalue weighted by atomic mass is 10.1. The third-order valence-corrected chi connectivity index (χ3v) is 3.70. The molecule has 112 valence electrons. The van der Waals surface area contributed by atoms with Crippen molar-refractivity contribution in [3.05, 3.63) is 33.8 Å². The third-order valence-electron chi connectivity index (χ3n) is 2.96. The van der Waals surface area contributed by atoms with Gasteiger partial charge in [0.2, 0.25) is 0 Å². The fourth-order valence-corrected chi connectivity index (χ4v) is 2.19. The Kier molecular flexibility index (Phi) is 7.76. The molecule has 0 aliphatic rings. The summed E-state index contributed by atoms with van der Waals surface area (Å²) in [4.78, 5) is 13.0. The van der Waals surface area contributed by atoms with Gasteiger partial charge in [-0.15, -0.1) is 0 Å². The molecule has 0 aliphatic heterocycles. The summed E-state index contributed by atoms with van der Waals surface area (Å²) in [6.45, 7) is 4.16. The maximum atomic E-state index is 10.8. The second kappa shape index (κ2) is 9.07. The Labute approximate surface area is 128 Å². The fraction of sp³-hybridized carbons (Fsp3) is 0.500. The summed E-state index contributed by atoms with van der Waals surface area (Å²) in [6, 6.07) is 5.08. The number of carboxylic acids is 1. The first-order valence-corrected chi connectivity index (χ1v) is 7.23. The number of ether oxygens (including phenoxy) is 1. The van der Waals surface area contributed by atoms with Gasteiger partial charge in [0.15, 0.2) is 0 Å². The monoisotopic (exact) mass is 344 g/mol. The topological polar surface area (TPSA) is 61.8 Å². The summed E-state index contributed by atoms with van der Waals surface area (Å²) < 4.78 is 5.84. The Morgan fingerprint density at radius 2 is 2.20 bits per heavy atom. The summed E-state index contributed by atoms with van der Waals surface area (Å²) in [5.41, 5.74) is 1.34. The lowest BCUT2D eigenvalue weighted by molar-refractivity contribution is 0.0697. The maximum absolute atomic E-state index is 10.8. The maximum Gasteiger partial charge on any atom is 0.335 e. The van der Waals surface area contributed by atoms with Crippen molar-refractivity contribution in [2.45, 2.75) is 6.54 Å². The fourth-order valence-electron chi connectivity index (χ4n) is 1.68. The number of nitrogens with zero attached hydrogens (tertiary/aromatic N) is 1. The highest BCUT2D eigenvalue weighted by molar-refractivity contribution is 9.10. The van der Waals surface area contributed by atoms with Crippen molar-refractivity contribution in [3.8, 4) is 0 Å². The van der Waals surface area contributed by atoms with Crippen LogP contribution in [0.5, 0.6) is 0 Å². The minimum Gasteiger partial charge on any atom is -0.478 e. The van der Waals surface area contributed by atoms with Gasteiger partial charge < -0.3 is 20.1 Å². The van der Waals surface area contributed by atoms with Gasteiger partial charge in [-0.2, -0.15) is 0 Å². The molecule has 0 spiro atoms. The lowest BCUT2D eigenvalue weighted by Crippen LogP contribution is -2.31. The number of rotatable bonds is 9. The largest absolute Gasteiger partial charge is 0.478 e. The van der Waals surface area contributed by atoms with Crippen LogP contribution in [-0.4, -0.2) is 56.4 Å². The molecule has 0 aliphatic carbocycles. The van der Waals surface area contributed by atoms with Gasteiger partial charge in [0.05, 0.1) is 12.2 Å². The molecule has 0 unspecified atom stereocenters. The van der Waals surface area contributed by atoms with Crippen molar-refractivity contribution in [3.63, 3.8) is 0 Å². The molecular weight excluding hydrogens is 324 g/mol. The van der Waals surface area contributed by atoms with Crippen molar-refractivity contribution in [2.24, 2.45) is 0 Å². The van der Waals surface area contributed by atoms with Crippen LogP contribution in [0.15, 0.2) is 22.7 Å². The minimum absolute atomic E-state index is 0.292. The number of hydrogen-bond donors (Lipinski definition) is 2. The van der Waals surface area contributed by atoms with Crippen molar-refractivity contribution < 1.29 is 14.6 Å². The average Bonchev–Trinajstić information content (AvgIpc) is 2.42. The number of carbonyl (C=O) groups is 1. The van der Waals surface area contributed by atoms with Crippen LogP contribution in [-0.2, 0) is 11.3 Å². The van der Waals surface area contributed by atoms with Crippen LogP contribution in [0.3, 0.4) is 0 Å². The summed E-state index contributed by atoms with van der Waals surface area (Å²) in [5, 5.41) is 12.2. The predicted octanol–water partition coefficient (Wildman–Crippen LogP) is 1.82. The molecule has 0 heterocycles. The smallest absolute Gasteiger partial charge is 0.335 e. The van der Waals surface area contributed by atoms with E-state index in [9.17, 15) is 4.79 Å². The van der Waals surface area contributed by atoms with Crippen molar-refractivity contribution >= 4 is 21.9 Å². The molecule has 1 rings (SSSR count). The number of halogens is 1. The molecule has 1 aromatic rings. The summed E-state index contributed by atoms with van der Waals surface area (Å²) in [7, 11) is 3.75. The second-order valence-electron chi connectivity index (χ2n) is 4.58. The molecule has 2 N–H and O–H groups in total. The van der Waals surface area contributed by atoms with Crippen molar-refractivity contribution in [1.82, 2.24) is 10.2 Å². The van der Waals surface area contributed by atoms with E-state index in [4.69, 9.17) is 9.84 Å². The standard InChI is InChI=1S/C14H21BrN2O3/c1-17(7-8-20-2)6-5-16-10-12-4-3-11(14(18)19)9-13(12)15/h3-4,9,16H,5-8,10H2,1-2H3,(H,18,19). The molecule has 6 heteroatoms. The van der Waals surface area contributed by atoms with Gasteiger partial charge in [0.1, 0.15) is 0 Å². The van der Waals surface area contributed by atoms with Gasteiger partial charge in [-0.3, -0.25) is 0 Å². The molecule has 0 radical (unpaired) electrons. The van der Waals surface area contributed by atoms with Gasteiger partial charge in [0, 0.05) is 37.8 Å². The molecule has 0 saturated carbocycles. The van der Waals surface area contributed by atoms with E-state index >= 15 is 0 Å². The highest BCUT2D eigenvalue weighted by atomic mass is 79.9. The average molecular weight is 345 g/mol. The number of aromatic carboxylic acids is 1. The third kappa shape index (κ3) is 6.00. The van der Waals surface area contributed by atoms with E-state index in [0.717, 1.165) is 36.3 Å². The number of methoxy groups -OCH3 is 1. The highest BCUT2D eigenvalue weighted by Crippen LogP contribution is 2.18. The number of likely N-dealkylation sites (N-methyl/N-ethyl adjacent to an activating group) is 1. The Morgan fingerprint density at radius 1 is 1.45 bits per heavy atom. The predicted molar refractivity (Wildman–Crippen MR) is 82.2 cm³/mol. The first-order valence-electron chi connectivity index (χ1n) is 6.44. The molecule has 0 fully saturated rings. The van der Waals surface area contributed by atoms with Crippen molar-refractivity contribution in [2.75, 3.05) is 40.4 Å². The molecule has 20 heavy (non-hydrogen) atoms. The summed E-state index contributed by atoms with van der Waals surface area (Å²) >= 11 is 3.40. The second-order valence-corrected chi connectivity index (χ2v) is 5.44. The molecule has 0 bridgehead atoms. The first-order chi connectivity index (χ1) is 9.54. The van der Waals surface area contributed by atoms with E-state index in [0.29, 0.717) is 12.1 Å². The molecule has 0 amide bonds. The minimum atomic E-state index is -0.912. The zero-order chi connectivity index (χ0) is 15.0. The Hall–Kier alpha value is -0.950. The Balaban J connectivity index is 2.33. The van der Waals surface area contributed by atoms with Crippen LogP contribution in [0.1, 0.15) is 15.9 Å². The van der Waals surface area contributed by atoms with Crippen LogP contribution >= 0.6 is 15.9 Å². The van der Waals surface area contributed by atoms with Gasteiger partial charge in [-0.25, -0.2) is 4.79 Å². The molecule has 1 aromatic carbocycles. The van der Waals surface area contributed by atoms with Crippen molar-refractivity contribution in [1.29, 1.82) is 0 Å². The van der Waals surface area contributed by atoms with Gasteiger partial charge in [-0.1, -0.05) is 22.0 Å². The van der Waals surface area contributed by atoms with Crippen LogP contribution in [0.2, 0.25) is 0 Å². The number of carboxylic acid groups (broad SMARTS) is 1. The van der Waals surface area contributed by atoms with Gasteiger partial charge in [0.25, 0.3) is 0 Å². The Morgan fingerprint density at radius 3 is 2.80 bits per heavy atom. The van der Waals surface area contributed by atoms with Gasteiger partial charge in [-0.05, 0) is 24.7 Å². The molecule has 0 atom stereocenters. The molecule has 0 saturated heterocycles. The molecule has 5 nitrogen and oxygen atoms in total. The summed E-state index contributed by atoms with van der Waals surface area (Å²) in [6.07, 6.45) is 0. The zero-order valence-corrected chi connectivity index (χ0v) is 13.4. The zero-order valence-electron chi connectivity index (χ0n) is 11.9. The Bertz CT molecular complexity index is 440. The highest BCUT2D eigenvalue weighted by Gasteiger charge is 2.06. The normalized spacial score (nSPS) is 11.0. The van der Waals surface area contributed by atoms with E-state index in [2.05, 4.69) is 33.2 Å². The van der Waals surface area contributed by atoms with E-state index in [1.54, 1.807) is 19.2 Å². The number of nitrogens with one attached hydrogen (secondary N) is 1. The number of benzene rings is 1. The molecule has 0 aromatic heterocycles. The SMILES string of the molecule is COCCN(C)CCNCc1ccc(C(=O)O)cc1Br. The number of hydrogen-bond acceptors (Lipinski definition) is 4. The van der Waals surface area contributed by atoms with E-state index in [-0.39, 0.29) is 0 Å². The van der Waals surface area contributed by atoms with E-state index in [1.807, 2.05) is 6.07 Å². The molecular formula is C14H21BrN2O3. The van der Waals surface area contributed by atoms with E-state index in [1.165, 1.54) is 0 Å².